The lowest BCUT2D eigenvalue weighted by Crippen LogP contribution is -2.20. The first-order chi connectivity index (χ1) is 17.9. The Balaban J connectivity index is 1.66. The van der Waals surface area contributed by atoms with Crippen LogP contribution in [-0.4, -0.2) is 21.5 Å². The summed E-state index contributed by atoms with van der Waals surface area (Å²) in [5.74, 6) is 0.325. The van der Waals surface area contributed by atoms with Crippen molar-refractivity contribution in [1.29, 1.82) is 0 Å². The standard InChI is InChI=1S/C29H25F4N3O2/c1-16-6-5-7-17(2)28(16)38-26-15-36(4)27(37)12-20(26)22-13-35(3)14-25-19(22)11-24(34-25)21-10-18(29(31,32)33)8-9-23(21)30/h5-13,15,34H,14H2,1-4H3. The van der Waals surface area contributed by atoms with Gasteiger partial charge in [0.2, 0.25) is 0 Å². The SMILES string of the molecule is Cc1cccc(C)c1Oc1cn(C)c(=O)cc1C1=CN(C)Cc2[nH]c(-c3cc(C(F)(F)F)ccc3F)cc21. The van der Waals surface area contributed by atoms with Gasteiger partial charge in [-0.25, -0.2) is 4.39 Å². The van der Waals surface area contributed by atoms with Crippen molar-refractivity contribution in [2.75, 3.05) is 7.05 Å². The van der Waals surface area contributed by atoms with E-state index in [-0.39, 0.29) is 16.8 Å². The van der Waals surface area contributed by atoms with Crippen LogP contribution in [0, 0.1) is 19.7 Å². The molecule has 0 fully saturated rings. The molecular formula is C29H25F4N3O2. The predicted octanol–water partition coefficient (Wildman–Crippen LogP) is 6.78. The number of H-pyrrole nitrogens is 1. The van der Waals surface area contributed by atoms with Crippen molar-refractivity contribution in [3.63, 3.8) is 0 Å². The van der Waals surface area contributed by atoms with E-state index < -0.39 is 17.6 Å². The van der Waals surface area contributed by atoms with Gasteiger partial charge in [0.05, 0.1) is 18.3 Å². The Kier molecular flexibility index (Phi) is 6.17. The van der Waals surface area contributed by atoms with Crippen molar-refractivity contribution in [3.05, 3.63) is 111 Å². The number of nitrogens with one attached hydrogen (secondary N) is 1. The first-order valence-electron chi connectivity index (χ1n) is 11.9. The average molecular weight is 524 g/mol. The lowest BCUT2D eigenvalue weighted by molar-refractivity contribution is -0.137. The van der Waals surface area contributed by atoms with E-state index in [9.17, 15) is 22.4 Å². The Morgan fingerprint density at radius 3 is 2.34 bits per heavy atom. The summed E-state index contributed by atoms with van der Waals surface area (Å²) in [5, 5.41) is 0. The van der Waals surface area contributed by atoms with E-state index in [2.05, 4.69) is 4.98 Å². The van der Waals surface area contributed by atoms with E-state index in [0.717, 1.165) is 29.3 Å². The molecule has 0 saturated heterocycles. The van der Waals surface area contributed by atoms with Crippen LogP contribution in [0.25, 0.3) is 16.8 Å². The maximum absolute atomic E-state index is 14.7. The van der Waals surface area contributed by atoms with Gasteiger partial charge in [-0.15, -0.1) is 0 Å². The molecule has 2 aromatic heterocycles. The summed E-state index contributed by atoms with van der Waals surface area (Å²) in [4.78, 5) is 17.7. The fraction of sp³-hybridized carbons (Fsp3) is 0.207. The molecule has 0 radical (unpaired) electrons. The lowest BCUT2D eigenvalue weighted by atomic mass is 9.95. The zero-order valence-electron chi connectivity index (χ0n) is 21.2. The molecule has 1 aliphatic heterocycles. The number of hydrogen-bond acceptors (Lipinski definition) is 3. The molecule has 0 unspecified atom stereocenters. The van der Waals surface area contributed by atoms with Gasteiger partial charge in [-0.05, 0) is 49.2 Å². The maximum Gasteiger partial charge on any atom is 0.416 e. The number of benzene rings is 2. The number of para-hydroxylation sites is 1. The van der Waals surface area contributed by atoms with Gasteiger partial charge in [0.15, 0.2) is 5.75 Å². The zero-order chi connectivity index (χ0) is 27.4. The number of aromatic nitrogens is 2. The van der Waals surface area contributed by atoms with Crippen LogP contribution in [-0.2, 0) is 19.8 Å². The number of aromatic amines is 1. The molecule has 0 aliphatic carbocycles. The van der Waals surface area contributed by atoms with Crippen LogP contribution in [0.15, 0.2) is 65.7 Å². The summed E-state index contributed by atoms with van der Waals surface area (Å²) < 4.78 is 62.5. The highest BCUT2D eigenvalue weighted by Crippen LogP contribution is 2.41. The number of hydrogen-bond donors (Lipinski definition) is 1. The van der Waals surface area contributed by atoms with Gasteiger partial charge in [0.25, 0.3) is 5.56 Å². The van der Waals surface area contributed by atoms with Gasteiger partial charge in [0, 0.05) is 60.0 Å². The van der Waals surface area contributed by atoms with E-state index >= 15 is 0 Å². The van der Waals surface area contributed by atoms with Crippen molar-refractivity contribution >= 4 is 5.57 Å². The first-order valence-corrected chi connectivity index (χ1v) is 11.9. The van der Waals surface area contributed by atoms with E-state index in [4.69, 9.17) is 4.74 Å². The Bertz CT molecular complexity index is 1630. The molecule has 196 valence electrons. The lowest BCUT2D eigenvalue weighted by Gasteiger charge is -2.25. The fourth-order valence-corrected chi connectivity index (χ4v) is 4.68. The summed E-state index contributed by atoms with van der Waals surface area (Å²) in [6.07, 6.45) is -1.16. The predicted molar refractivity (Wildman–Crippen MR) is 137 cm³/mol. The van der Waals surface area contributed by atoms with E-state index in [1.165, 1.54) is 10.6 Å². The van der Waals surface area contributed by atoms with Crippen molar-refractivity contribution in [2.24, 2.45) is 7.05 Å². The van der Waals surface area contributed by atoms with Crippen molar-refractivity contribution < 1.29 is 22.3 Å². The van der Waals surface area contributed by atoms with Crippen LogP contribution in [0.5, 0.6) is 11.5 Å². The number of alkyl halides is 3. The smallest absolute Gasteiger partial charge is 0.416 e. The largest absolute Gasteiger partial charge is 0.455 e. The summed E-state index contributed by atoms with van der Waals surface area (Å²) in [6, 6.07) is 11.2. The number of pyridine rings is 1. The zero-order valence-corrected chi connectivity index (χ0v) is 21.2. The number of halogens is 4. The third kappa shape index (κ3) is 4.60. The molecular weight excluding hydrogens is 498 g/mol. The van der Waals surface area contributed by atoms with Crippen molar-refractivity contribution in [1.82, 2.24) is 14.5 Å². The van der Waals surface area contributed by atoms with E-state index in [0.29, 0.717) is 40.4 Å². The second-order valence-electron chi connectivity index (χ2n) is 9.55. The molecule has 0 atom stereocenters. The summed E-state index contributed by atoms with van der Waals surface area (Å²) in [7, 11) is 3.46. The minimum absolute atomic E-state index is 0.188. The molecule has 1 aliphatic rings. The minimum Gasteiger partial charge on any atom is -0.455 e. The third-order valence-corrected chi connectivity index (χ3v) is 6.63. The van der Waals surface area contributed by atoms with Gasteiger partial charge < -0.3 is 19.2 Å². The molecule has 1 N–H and O–H groups in total. The van der Waals surface area contributed by atoms with Gasteiger partial charge in [-0.2, -0.15) is 13.2 Å². The number of rotatable bonds is 4. The highest BCUT2D eigenvalue weighted by atomic mass is 19.4. The summed E-state index contributed by atoms with van der Waals surface area (Å²) in [6.45, 7) is 4.27. The Hall–Kier alpha value is -4.27. The summed E-state index contributed by atoms with van der Waals surface area (Å²) >= 11 is 0. The monoisotopic (exact) mass is 523 g/mol. The first kappa shape index (κ1) is 25.4. The van der Waals surface area contributed by atoms with Crippen molar-refractivity contribution in [3.8, 4) is 22.8 Å². The molecule has 9 heteroatoms. The van der Waals surface area contributed by atoms with E-state index in [1.54, 1.807) is 19.3 Å². The number of ether oxygens (including phenoxy) is 1. The fourth-order valence-electron chi connectivity index (χ4n) is 4.68. The maximum atomic E-state index is 14.7. The van der Waals surface area contributed by atoms with Crippen LogP contribution in [0.3, 0.4) is 0 Å². The molecule has 0 spiro atoms. The molecule has 5 rings (SSSR count). The van der Waals surface area contributed by atoms with Gasteiger partial charge in [-0.1, -0.05) is 18.2 Å². The highest BCUT2D eigenvalue weighted by Gasteiger charge is 2.32. The van der Waals surface area contributed by atoms with Gasteiger partial charge in [0.1, 0.15) is 11.6 Å². The van der Waals surface area contributed by atoms with Crippen LogP contribution < -0.4 is 10.3 Å². The van der Waals surface area contributed by atoms with Gasteiger partial charge >= 0.3 is 6.18 Å². The van der Waals surface area contributed by atoms with Crippen molar-refractivity contribution in [2.45, 2.75) is 26.6 Å². The van der Waals surface area contributed by atoms with Gasteiger partial charge in [-0.3, -0.25) is 4.79 Å². The van der Waals surface area contributed by atoms with Crippen LogP contribution in [0.1, 0.15) is 33.5 Å². The number of fused-ring (bicyclic) bond motifs is 1. The minimum atomic E-state index is -4.61. The van der Waals surface area contributed by atoms with E-state index in [1.807, 2.05) is 50.2 Å². The van der Waals surface area contributed by atoms with Crippen LogP contribution in [0.4, 0.5) is 17.6 Å². The average Bonchev–Trinajstić information content (AvgIpc) is 3.26. The second kappa shape index (κ2) is 9.24. The number of nitrogens with zero attached hydrogens (tertiary/aromatic N) is 2. The molecule has 0 saturated carbocycles. The normalized spacial score (nSPS) is 13.4. The molecule has 5 nitrogen and oxygen atoms in total. The quantitative estimate of drug-likeness (QED) is 0.300. The molecule has 2 aromatic carbocycles. The third-order valence-electron chi connectivity index (χ3n) is 6.63. The summed E-state index contributed by atoms with van der Waals surface area (Å²) in [5.41, 5.74) is 3.13. The highest BCUT2D eigenvalue weighted by molar-refractivity contribution is 5.86. The Morgan fingerprint density at radius 1 is 0.947 bits per heavy atom. The molecule has 38 heavy (non-hydrogen) atoms. The van der Waals surface area contributed by atoms with Crippen LogP contribution in [0.2, 0.25) is 0 Å². The van der Waals surface area contributed by atoms with Crippen LogP contribution >= 0.6 is 0 Å². The molecule has 3 heterocycles. The molecule has 0 bridgehead atoms. The molecule has 0 amide bonds. The topological polar surface area (TPSA) is 50.3 Å². The Morgan fingerprint density at radius 2 is 1.66 bits per heavy atom. The Labute approximate surface area is 216 Å². The second-order valence-corrected chi connectivity index (χ2v) is 9.55. The molecule has 4 aromatic rings. The number of aryl methyl sites for hydroxylation is 3.